The lowest BCUT2D eigenvalue weighted by Gasteiger charge is -2.24. The van der Waals surface area contributed by atoms with E-state index in [9.17, 15) is 4.39 Å². The van der Waals surface area contributed by atoms with Gasteiger partial charge in [0.15, 0.2) is 0 Å². The summed E-state index contributed by atoms with van der Waals surface area (Å²) in [6.45, 7) is 1.77. The third-order valence-electron chi connectivity index (χ3n) is 6.26. The van der Waals surface area contributed by atoms with Crippen LogP contribution in [0.1, 0.15) is 23.9 Å². The van der Waals surface area contributed by atoms with E-state index in [2.05, 4.69) is 33.6 Å². The minimum atomic E-state index is -0.242. The van der Waals surface area contributed by atoms with Gasteiger partial charge in [0.2, 0.25) is 0 Å². The van der Waals surface area contributed by atoms with E-state index in [-0.39, 0.29) is 5.82 Å². The fourth-order valence-corrected chi connectivity index (χ4v) is 4.71. The maximum atomic E-state index is 13.6. The SMILES string of the molecule is COc1ccc(CN(C)C[C@@H]2CCc3nc(-c4ccc(F)cc4)c(-c4ccncc4)n32)cc1. The van der Waals surface area contributed by atoms with Crippen LogP contribution in [0.15, 0.2) is 73.1 Å². The summed E-state index contributed by atoms with van der Waals surface area (Å²) in [6.07, 6.45) is 5.60. The van der Waals surface area contributed by atoms with Gasteiger partial charge >= 0.3 is 0 Å². The number of rotatable bonds is 7. The third kappa shape index (κ3) is 4.39. The van der Waals surface area contributed by atoms with Crippen molar-refractivity contribution < 1.29 is 9.13 Å². The monoisotopic (exact) mass is 442 g/mol. The van der Waals surface area contributed by atoms with Gasteiger partial charge in [-0.3, -0.25) is 4.98 Å². The van der Waals surface area contributed by atoms with Crippen LogP contribution in [0.4, 0.5) is 4.39 Å². The largest absolute Gasteiger partial charge is 0.497 e. The molecule has 0 saturated carbocycles. The second-order valence-electron chi connectivity index (χ2n) is 8.58. The highest BCUT2D eigenvalue weighted by Crippen LogP contribution is 2.39. The van der Waals surface area contributed by atoms with E-state index >= 15 is 0 Å². The van der Waals surface area contributed by atoms with Gasteiger partial charge in [0.05, 0.1) is 18.5 Å². The molecule has 5 nitrogen and oxygen atoms in total. The number of halogens is 1. The number of pyridine rings is 1. The van der Waals surface area contributed by atoms with Crippen LogP contribution in [-0.4, -0.2) is 40.1 Å². The zero-order valence-corrected chi connectivity index (χ0v) is 18.9. The molecule has 0 spiro atoms. The fraction of sp³-hybridized carbons (Fsp3) is 0.259. The molecule has 0 N–H and O–H groups in total. The number of hydrogen-bond donors (Lipinski definition) is 0. The van der Waals surface area contributed by atoms with Crippen molar-refractivity contribution in [3.05, 3.63) is 90.3 Å². The molecule has 2 aromatic heterocycles. The molecule has 33 heavy (non-hydrogen) atoms. The molecule has 6 heteroatoms. The molecule has 0 radical (unpaired) electrons. The van der Waals surface area contributed by atoms with E-state index in [0.717, 1.165) is 60.0 Å². The molecule has 1 atom stereocenters. The Balaban J connectivity index is 1.46. The number of benzene rings is 2. The molecule has 0 saturated heterocycles. The second-order valence-corrected chi connectivity index (χ2v) is 8.58. The minimum absolute atomic E-state index is 0.242. The summed E-state index contributed by atoms with van der Waals surface area (Å²) in [4.78, 5) is 11.6. The zero-order chi connectivity index (χ0) is 22.8. The summed E-state index contributed by atoms with van der Waals surface area (Å²) in [6, 6.07) is 19.2. The van der Waals surface area contributed by atoms with E-state index in [1.165, 1.54) is 17.7 Å². The van der Waals surface area contributed by atoms with E-state index in [4.69, 9.17) is 9.72 Å². The van der Waals surface area contributed by atoms with Crippen molar-refractivity contribution >= 4 is 0 Å². The molecule has 168 valence electrons. The topological polar surface area (TPSA) is 43.2 Å². The average Bonchev–Trinajstić information content (AvgIpc) is 3.40. The van der Waals surface area contributed by atoms with E-state index in [1.807, 2.05) is 48.8 Å². The number of imidazole rings is 1. The summed E-state index contributed by atoms with van der Waals surface area (Å²) < 4.78 is 21.2. The highest BCUT2D eigenvalue weighted by atomic mass is 19.1. The van der Waals surface area contributed by atoms with Crippen LogP contribution in [0.2, 0.25) is 0 Å². The van der Waals surface area contributed by atoms with Crippen LogP contribution >= 0.6 is 0 Å². The minimum Gasteiger partial charge on any atom is -0.497 e. The predicted octanol–water partition coefficient (Wildman–Crippen LogP) is 5.38. The van der Waals surface area contributed by atoms with Crippen molar-refractivity contribution in [3.63, 3.8) is 0 Å². The van der Waals surface area contributed by atoms with Crippen LogP contribution in [0, 0.1) is 5.82 Å². The van der Waals surface area contributed by atoms with Crippen molar-refractivity contribution in [2.45, 2.75) is 25.4 Å². The number of aryl methyl sites for hydroxylation is 1. The first-order valence-electron chi connectivity index (χ1n) is 11.2. The molecule has 3 heterocycles. The van der Waals surface area contributed by atoms with E-state index in [1.54, 1.807) is 7.11 Å². The van der Waals surface area contributed by atoms with Gasteiger partial charge in [-0.25, -0.2) is 9.37 Å². The lowest BCUT2D eigenvalue weighted by atomic mass is 10.0. The van der Waals surface area contributed by atoms with Crippen LogP contribution in [-0.2, 0) is 13.0 Å². The Hall–Kier alpha value is -3.51. The van der Waals surface area contributed by atoms with Crippen molar-refractivity contribution in [2.75, 3.05) is 20.7 Å². The Morgan fingerprint density at radius 3 is 2.42 bits per heavy atom. The van der Waals surface area contributed by atoms with Gasteiger partial charge in [0, 0.05) is 49.1 Å². The number of hydrogen-bond acceptors (Lipinski definition) is 4. The summed E-state index contributed by atoms with van der Waals surface area (Å²) in [5, 5.41) is 0. The summed E-state index contributed by atoms with van der Waals surface area (Å²) in [5.41, 5.74) is 5.24. The van der Waals surface area contributed by atoms with Gasteiger partial charge < -0.3 is 14.2 Å². The van der Waals surface area contributed by atoms with Crippen molar-refractivity contribution in [3.8, 4) is 28.3 Å². The molecule has 0 aliphatic carbocycles. The highest BCUT2D eigenvalue weighted by Gasteiger charge is 2.30. The van der Waals surface area contributed by atoms with Gasteiger partial charge in [-0.2, -0.15) is 0 Å². The van der Waals surface area contributed by atoms with Crippen molar-refractivity contribution in [1.29, 1.82) is 0 Å². The number of ether oxygens (including phenoxy) is 1. The summed E-state index contributed by atoms with van der Waals surface area (Å²) in [7, 11) is 3.84. The molecule has 0 bridgehead atoms. The van der Waals surface area contributed by atoms with Crippen LogP contribution in [0.3, 0.4) is 0 Å². The Labute approximate surface area is 193 Å². The molecule has 2 aromatic carbocycles. The number of methoxy groups -OCH3 is 1. The molecule has 4 aromatic rings. The van der Waals surface area contributed by atoms with Gasteiger partial charge in [-0.05, 0) is 67.6 Å². The summed E-state index contributed by atoms with van der Waals surface area (Å²) in [5.74, 6) is 1.72. The van der Waals surface area contributed by atoms with Crippen LogP contribution in [0.5, 0.6) is 5.75 Å². The van der Waals surface area contributed by atoms with Gasteiger partial charge in [0.1, 0.15) is 17.4 Å². The quantitative estimate of drug-likeness (QED) is 0.385. The van der Waals surface area contributed by atoms with Crippen molar-refractivity contribution in [1.82, 2.24) is 19.4 Å². The lowest BCUT2D eigenvalue weighted by Crippen LogP contribution is -2.26. The fourth-order valence-electron chi connectivity index (χ4n) is 4.71. The maximum absolute atomic E-state index is 13.6. The first-order chi connectivity index (χ1) is 16.1. The first-order valence-corrected chi connectivity index (χ1v) is 11.2. The molecule has 0 fully saturated rings. The number of aromatic nitrogens is 3. The summed E-state index contributed by atoms with van der Waals surface area (Å²) >= 11 is 0. The molecular formula is C27H27FN4O. The Bertz CT molecular complexity index is 1220. The van der Waals surface area contributed by atoms with E-state index < -0.39 is 0 Å². The number of fused-ring (bicyclic) bond motifs is 1. The Morgan fingerprint density at radius 2 is 1.73 bits per heavy atom. The molecule has 5 rings (SSSR count). The third-order valence-corrected chi connectivity index (χ3v) is 6.26. The standard InChI is InChI=1S/C27H27FN4O/c1-31(17-19-3-10-24(33-2)11-4-19)18-23-9-12-25-30-26(20-5-7-22(28)8-6-20)27(32(23)25)21-13-15-29-16-14-21/h3-8,10-11,13-16,23H,9,12,17-18H2,1-2H3/t23-/m0/s1. The second kappa shape index (κ2) is 9.16. The number of likely N-dealkylation sites (N-methyl/N-ethyl adjacent to an activating group) is 1. The average molecular weight is 443 g/mol. The van der Waals surface area contributed by atoms with Crippen molar-refractivity contribution in [2.24, 2.45) is 0 Å². The lowest BCUT2D eigenvalue weighted by molar-refractivity contribution is 0.274. The molecular weight excluding hydrogens is 415 g/mol. The van der Waals surface area contributed by atoms with Crippen LogP contribution in [0.25, 0.3) is 22.5 Å². The van der Waals surface area contributed by atoms with Gasteiger partial charge in [0.25, 0.3) is 0 Å². The molecule has 1 aliphatic rings. The highest BCUT2D eigenvalue weighted by molar-refractivity contribution is 5.79. The molecule has 1 aliphatic heterocycles. The molecule has 0 amide bonds. The molecule has 0 unspecified atom stereocenters. The maximum Gasteiger partial charge on any atom is 0.123 e. The smallest absolute Gasteiger partial charge is 0.123 e. The van der Waals surface area contributed by atoms with E-state index in [0.29, 0.717) is 6.04 Å². The zero-order valence-electron chi connectivity index (χ0n) is 18.9. The predicted molar refractivity (Wildman–Crippen MR) is 128 cm³/mol. The Kier molecular flexibility index (Phi) is 5.92. The Morgan fingerprint density at radius 1 is 1.00 bits per heavy atom. The number of nitrogens with zero attached hydrogens (tertiary/aromatic N) is 4. The first kappa shape index (κ1) is 21.3. The van der Waals surface area contributed by atoms with Crippen LogP contribution < -0.4 is 4.74 Å². The van der Waals surface area contributed by atoms with Gasteiger partial charge in [-0.1, -0.05) is 12.1 Å². The van der Waals surface area contributed by atoms with Gasteiger partial charge in [-0.15, -0.1) is 0 Å². The normalized spacial score (nSPS) is 15.1.